The van der Waals surface area contributed by atoms with Crippen molar-refractivity contribution in [3.05, 3.63) is 48.5 Å². The topological polar surface area (TPSA) is 18.5 Å². The van der Waals surface area contributed by atoms with E-state index in [1.54, 1.807) is 7.11 Å². The summed E-state index contributed by atoms with van der Waals surface area (Å²) in [7, 11) is -0.300. The lowest BCUT2D eigenvalue weighted by atomic mass is 9.81. The molecule has 25 heavy (non-hydrogen) atoms. The van der Waals surface area contributed by atoms with Gasteiger partial charge >= 0.3 is 0 Å². The molecule has 0 radical (unpaired) electrons. The van der Waals surface area contributed by atoms with Gasteiger partial charge in [0, 0.05) is 5.57 Å². The Bertz CT molecular complexity index is 521. The van der Waals surface area contributed by atoms with Gasteiger partial charge in [0.2, 0.25) is 0 Å². The molecular weight excluding hydrogens is 324 g/mol. The quantitative estimate of drug-likeness (QED) is 0.304. The van der Waals surface area contributed by atoms with Gasteiger partial charge in [-0.3, -0.25) is 0 Å². The van der Waals surface area contributed by atoms with Gasteiger partial charge in [0.15, 0.2) is 0 Å². The van der Waals surface area contributed by atoms with Crippen LogP contribution in [0.4, 0.5) is 0 Å². The molecule has 1 aliphatic carbocycles. The first kappa shape index (κ1) is 21.8. The lowest BCUT2D eigenvalue weighted by molar-refractivity contribution is 0.263. The van der Waals surface area contributed by atoms with E-state index < -0.39 is 8.32 Å². The first-order valence-electron chi connectivity index (χ1n) is 9.52. The molecule has 0 atom stereocenters. The van der Waals surface area contributed by atoms with E-state index in [1.165, 1.54) is 0 Å². The van der Waals surface area contributed by atoms with Crippen LogP contribution < -0.4 is 0 Å². The van der Waals surface area contributed by atoms with Crippen LogP contribution in [0, 0.1) is 5.41 Å². The fourth-order valence-corrected chi connectivity index (χ4v) is 10.1. The average molecular weight is 363 g/mol. The van der Waals surface area contributed by atoms with Gasteiger partial charge in [-0.2, -0.15) is 0 Å². The van der Waals surface area contributed by atoms with Gasteiger partial charge in [0.1, 0.15) is 5.76 Å². The van der Waals surface area contributed by atoms with Gasteiger partial charge in [-0.25, -0.2) is 0 Å². The second-order valence-corrected chi connectivity index (χ2v) is 13.6. The van der Waals surface area contributed by atoms with E-state index in [1.807, 2.05) is 12.2 Å². The van der Waals surface area contributed by atoms with Crippen LogP contribution in [0.2, 0.25) is 16.6 Å². The Morgan fingerprint density at radius 2 is 1.44 bits per heavy atom. The van der Waals surface area contributed by atoms with E-state index in [9.17, 15) is 0 Å². The zero-order valence-corrected chi connectivity index (χ0v) is 18.6. The predicted molar refractivity (Wildman–Crippen MR) is 112 cm³/mol. The molecule has 1 aliphatic rings. The summed E-state index contributed by atoms with van der Waals surface area (Å²) in [5, 5.41) is 0. The smallest absolute Gasteiger partial charge is 0.258 e. The number of ether oxygens (including phenoxy) is 1. The van der Waals surface area contributed by atoms with Crippen LogP contribution in [-0.2, 0) is 9.16 Å². The van der Waals surface area contributed by atoms with Crippen molar-refractivity contribution in [2.45, 2.75) is 77.9 Å². The highest BCUT2D eigenvalue weighted by molar-refractivity contribution is 6.77. The van der Waals surface area contributed by atoms with Crippen molar-refractivity contribution < 1.29 is 9.16 Å². The van der Waals surface area contributed by atoms with Crippen molar-refractivity contribution in [2.75, 3.05) is 7.11 Å². The molecule has 0 heterocycles. The maximum Gasteiger partial charge on any atom is 0.258 e. The third kappa shape index (κ3) is 3.81. The fourth-order valence-electron chi connectivity index (χ4n) is 4.73. The highest BCUT2D eigenvalue weighted by atomic mass is 28.4. The van der Waals surface area contributed by atoms with Gasteiger partial charge in [-0.15, -0.1) is 13.2 Å². The van der Waals surface area contributed by atoms with Gasteiger partial charge in [0.05, 0.1) is 18.3 Å². The first-order valence-corrected chi connectivity index (χ1v) is 11.7. The maximum absolute atomic E-state index is 7.14. The minimum Gasteiger partial charge on any atom is -0.545 e. The van der Waals surface area contributed by atoms with Crippen molar-refractivity contribution in [2.24, 2.45) is 5.41 Å². The standard InChI is InChI=1S/C22H38O2Si/c1-11-13-22(14-12-2)15-20(23-10)19(9)21(22)24-25(16(3)4,17(5)6)18(7)8/h11-12,15-18H,1-2,13-14H2,3-10H3. The zero-order valence-electron chi connectivity index (χ0n) is 17.6. The van der Waals surface area contributed by atoms with E-state index in [-0.39, 0.29) is 5.41 Å². The van der Waals surface area contributed by atoms with E-state index in [0.717, 1.165) is 29.9 Å². The van der Waals surface area contributed by atoms with Crippen LogP contribution in [-0.4, -0.2) is 15.4 Å². The van der Waals surface area contributed by atoms with Crippen LogP contribution in [0.25, 0.3) is 0 Å². The Morgan fingerprint density at radius 3 is 1.76 bits per heavy atom. The first-order chi connectivity index (χ1) is 11.6. The summed E-state index contributed by atoms with van der Waals surface area (Å²) >= 11 is 0. The number of allylic oxidation sites excluding steroid dienone is 4. The second-order valence-electron chi connectivity index (χ2n) is 8.23. The minimum absolute atomic E-state index is 0.212. The Hall–Kier alpha value is -1.22. The van der Waals surface area contributed by atoms with Crippen molar-refractivity contribution in [1.29, 1.82) is 0 Å². The molecule has 0 saturated carbocycles. The molecule has 142 valence electrons. The van der Waals surface area contributed by atoms with Crippen molar-refractivity contribution >= 4 is 8.32 Å². The number of hydrogen-bond donors (Lipinski definition) is 0. The summed E-state index contributed by atoms with van der Waals surface area (Å²) in [5.41, 5.74) is 2.51. The normalized spacial score (nSPS) is 17.3. The van der Waals surface area contributed by atoms with Gasteiger partial charge in [-0.05, 0) is 42.5 Å². The Kier molecular flexibility index (Phi) is 7.37. The van der Waals surface area contributed by atoms with Crippen molar-refractivity contribution in [1.82, 2.24) is 0 Å². The van der Waals surface area contributed by atoms with Crippen LogP contribution in [0.5, 0.6) is 0 Å². The van der Waals surface area contributed by atoms with Gasteiger partial charge in [-0.1, -0.05) is 53.7 Å². The van der Waals surface area contributed by atoms with Crippen molar-refractivity contribution in [3.8, 4) is 0 Å². The SMILES string of the molecule is C=CCC1(CC=C)C=C(OC)C(C)=C1O[Si](C(C)C)(C(C)C)C(C)C. The summed E-state index contributed by atoms with van der Waals surface area (Å²) < 4.78 is 12.8. The molecule has 0 amide bonds. The van der Waals surface area contributed by atoms with E-state index in [0.29, 0.717) is 16.6 Å². The lowest BCUT2D eigenvalue weighted by Crippen LogP contribution is -2.48. The molecule has 3 heteroatoms. The monoisotopic (exact) mass is 362 g/mol. The minimum atomic E-state index is -2.04. The summed E-state index contributed by atoms with van der Waals surface area (Å²) in [6.45, 7) is 24.1. The van der Waals surface area contributed by atoms with Gasteiger partial charge < -0.3 is 9.16 Å². The summed E-state index contributed by atoms with van der Waals surface area (Å²) in [6.07, 6.45) is 7.85. The molecule has 0 unspecified atom stereocenters. The largest absolute Gasteiger partial charge is 0.545 e. The number of hydrogen-bond acceptors (Lipinski definition) is 2. The fraction of sp³-hybridized carbons (Fsp3) is 0.636. The van der Waals surface area contributed by atoms with Crippen LogP contribution in [0.15, 0.2) is 48.5 Å². The molecule has 0 N–H and O–H groups in total. The summed E-state index contributed by atoms with van der Waals surface area (Å²) in [5.74, 6) is 2.02. The number of methoxy groups -OCH3 is 1. The summed E-state index contributed by atoms with van der Waals surface area (Å²) in [4.78, 5) is 0. The lowest BCUT2D eigenvalue weighted by Gasteiger charge is -2.45. The third-order valence-corrected chi connectivity index (χ3v) is 11.8. The van der Waals surface area contributed by atoms with E-state index in [4.69, 9.17) is 9.16 Å². The van der Waals surface area contributed by atoms with E-state index >= 15 is 0 Å². The molecule has 0 bridgehead atoms. The van der Waals surface area contributed by atoms with E-state index in [2.05, 4.69) is 67.7 Å². The second kappa shape index (κ2) is 8.44. The average Bonchev–Trinajstić information content (AvgIpc) is 2.76. The maximum atomic E-state index is 7.14. The molecule has 0 aliphatic heterocycles. The number of rotatable bonds is 10. The van der Waals surface area contributed by atoms with Crippen LogP contribution in [0.3, 0.4) is 0 Å². The van der Waals surface area contributed by atoms with Crippen LogP contribution in [0.1, 0.15) is 61.3 Å². The Labute approximate surface area is 156 Å². The zero-order chi connectivity index (χ0) is 19.4. The molecule has 0 aromatic rings. The molecule has 0 fully saturated rings. The molecule has 0 aromatic carbocycles. The van der Waals surface area contributed by atoms with Gasteiger partial charge in [0.25, 0.3) is 8.32 Å². The molecule has 0 saturated heterocycles. The Morgan fingerprint density at radius 1 is 1.00 bits per heavy atom. The predicted octanol–water partition coefficient (Wildman–Crippen LogP) is 7.14. The Balaban J connectivity index is 3.55. The van der Waals surface area contributed by atoms with Crippen molar-refractivity contribution in [3.63, 3.8) is 0 Å². The highest BCUT2D eigenvalue weighted by Crippen LogP contribution is 2.53. The molecule has 2 nitrogen and oxygen atoms in total. The molecular formula is C22H38O2Si. The highest BCUT2D eigenvalue weighted by Gasteiger charge is 2.51. The third-order valence-electron chi connectivity index (χ3n) is 5.79. The molecule has 1 rings (SSSR count). The summed E-state index contributed by atoms with van der Waals surface area (Å²) in [6, 6.07) is 0. The van der Waals surface area contributed by atoms with Crippen LogP contribution >= 0.6 is 0 Å². The molecule has 0 spiro atoms. The molecule has 0 aromatic heterocycles.